The van der Waals surface area contributed by atoms with E-state index in [1.807, 2.05) is 6.20 Å². The standard InChI is InChI=1S/C13H19N3O/c1-2-14-13-7-10(5-6-15-13)16-8-11-3-4-12(9-16)17-11/h5-7,11-12H,2-4,8-9H2,1H3,(H,14,15). The third-order valence-corrected chi connectivity index (χ3v) is 3.51. The van der Waals surface area contributed by atoms with Gasteiger partial charge in [0.1, 0.15) is 5.82 Å². The summed E-state index contributed by atoms with van der Waals surface area (Å²) < 4.78 is 5.85. The molecule has 1 aromatic rings. The molecule has 2 unspecified atom stereocenters. The molecule has 3 rings (SSSR count). The number of nitrogens with zero attached hydrogens (tertiary/aromatic N) is 2. The molecule has 3 heterocycles. The van der Waals surface area contributed by atoms with Crippen molar-refractivity contribution in [3.63, 3.8) is 0 Å². The first-order valence-corrected chi connectivity index (χ1v) is 6.45. The third kappa shape index (κ3) is 2.22. The van der Waals surface area contributed by atoms with Gasteiger partial charge in [-0.1, -0.05) is 0 Å². The zero-order chi connectivity index (χ0) is 11.7. The second-order valence-electron chi connectivity index (χ2n) is 4.79. The van der Waals surface area contributed by atoms with Crippen molar-refractivity contribution in [2.75, 3.05) is 29.9 Å². The van der Waals surface area contributed by atoms with E-state index in [0.29, 0.717) is 12.2 Å². The molecule has 0 spiro atoms. The number of hydrogen-bond acceptors (Lipinski definition) is 4. The lowest BCUT2D eigenvalue weighted by atomic mass is 10.2. The number of aromatic nitrogens is 1. The Morgan fingerprint density at radius 2 is 2.18 bits per heavy atom. The number of pyridine rings is 1. The van der Waals surface area contributed by atoms with Gasteiger partial charge in [0.15, 0.2) is 0 Å². The first-order chi connectivity index (χ1) is 8.35. The lowest BCUT2D eigenvalue weighted by Crippen LogP contribution is -2.42. The fraction of sp³-hybridized carbons (Fsp3) is 0.615. The molecule has 2 bridgehead atoms. The molecule has 1 N–H and O–H groups in total. The van der Waals surface area contributed by atoms with E-state index >= 15 is 0 Å². The van der Waals surface area contributed by atoms with E-state index in [1.165, 1.54) is 18.5 Å². The first-order valence-electron chi connectivity index (χ1n) is 6.45. The lowest BCUT2D eigenvalue weighted by molar-refractivity contribution is 0.0305. The van der Waals surface area contributed by atoms with E-state index < -0.39 is 0 Å². The van der Waals surface area contributed by atoms with Crippen LogP contribution in [-0.4, -0.2) is 36.8 Å². The average molecular weight is 233 g/mol. The van der Waals surface area contributed by atoms with Crippen molar-refractivity contribution in [1.82, 2.24) is 4.98 Å². The summed E-state index contributed by atoms with van der Waals surface area (Å²) in [4.78, 5) is 6.73. The second-order valence-corrected chi connectivity index (χ2v) is 4.79. The van der Waals surface area contributed by atoms with Crippen LogP contribution in [0.5, 0.6) is 0 Å². The minimum atomic E-state index is 0.435. The Labute approximate surface area is 102 Å². The monoisotopic (exact) mass is 233 g/mol. The predicted octanol–water partition coefficient (Wildman–Crippen LogP) is 1.88. The van der Waals surface area contributed by atoms with Gasteiger partial charge in [0.05, 0.1) is 12.2 Å². The van der Waals surface area contributed by atoms with Crippen molar-refractivity contribution >= 4 is 11.5 Å². The van der Waals surface area contributed by atoms with Crippen molar-refractivity contribution in [2.45, 2.75) is 32.0 Å². The van der Waals surface area contributed by atoms with Gasteiger partial charge in [0, 0.05) is 37.6 Å². The molecule has 4 heteroatoms. The van der Waals surface area contributed by atoms with Crippen LogP contribution in [0.15, 0.2) is 18.3 Å². The van der Waals surface area contributed by atoms with Crippen LogP contribution in [0.3, 0.4) is 0 Å². The minimum absolute atomic E-state index is 0.435. The van der Waals surface area contributed by atoms with Gasteiger partial charge in [0.25, 0.3) is 0 Å². The maximum atomic E-state index is 5.85. The summed E-state index contributed by atoms with van der Waals surface area (Å²) in [6.07, 6.45) is 5.18. The summed E-state index contributed by atoms with van der Waals surface area (Å²) in [5, 5.41) is 3.26. The van der Waals surface area contributed by atoms with Crippen molar-refractivity contribution in [1.29, 1.82) is 0 Å². The fourth-order valence-corrected chi connectivity index (χ4v) is 2.72. The molecule has 0 saturated carbocycles. The number of ether oxygens (including phenoxy) is 1. The van der Waals surface area contributed by atoms with Gasteiger partial charge in [-0.05, 0) is 25.8 Å². The maximum Gasteiger partial charge on any atom is 0.127 e. The van der Waals surface area contributed by atoms with E-state index in [4.69, 9.17) is 4.74 Å². The summed E-state index contributed by atoms with van der Waals surface area (Å²) in [6.45, 7) is 5.03. The molecule has 2 aliphatic heterocycles. The summed E-state index contributed by atoms with van der Waals surface area (Å²) in [7, 11) is 0. The maximum absolute atomic E-state index is 5.85. The van der Waals surface area contributed by atoms with E-state index in [1.54, 1.807) is 0 Å². The molecule has 0 aromatic carbocycles. The molecule has 17 heavy (non-hydrogen) atoms. The minimum Gasteiger partial charge on any atom is -0.371 e. The Balaban J connectivity index is 1.77. The number of rotatable bonds is 3. The molecular formula is C13H19N3O. The van der Waals surface area contributed by atoms with Gasteiger partial charge in [-0.25, -0.2) is 4.98 Å². The lowest BCUT2D eigenvalue weighted by Gasteiger charge is -2.33. The highest BCUT2D eigenvalue weighted by Gasteiger charge is 2.33. The van der Waals surface area contributed by atoms with Gasteiger partial charge >= 0.3 is 0 Å². The fourth-order valence-electron chi connectivity index (χ4n) is 2.72. The molecule has 1 aromatic heterocycles. The third-order valence-electron chi connectivity index (χ3n) is 3.51. The number of morpholine rings is 1. The molecular weight excluding hydrogens is 214 g/mol. The van der Waals surface area contributed by atoms with E-state index in [0.717, 1.165) is 25.5 Å². The summed E-state index contributed by atoms with van der Waals surface area (Å²) in [6, 6.07) is 4.22. The van der Waals surface area contributed by atoms with Crippen LogP contribution in [-0.2, 0) is 4.74 Å². The molecule has 2 atom stereocenters. The molecule has 2 saturated heterocycles. The zero-order valence-electron chi connectivity index (χ0n) is 10.2. The van der Waals surface area contributed by atoms with Crippen LogP contribution in [0.1, 0.15) is 19.8 Å². The molecule has 92 valence electrons. The van der Waals surface area contributed by atoms with Gasteiger partial charge in [0.2, 0.25) is 0 Å². The Morgan fingerprint density at radius 1 is 1.41 bits per heavy atom. The van der Waals surface area contributed by atoms with Crippen molar-refractivity contribution in [3.05, 3.63) is 18.3 Å². The van der Waals surface area contributed by atoms with E-state index in [9.17, 15) is 0 Å². The zero-order valence-corrected chi connectivity index (χ0v) is 10.2. The number of hydrogen-bond donors (Lipinski definition) is 1. The highest BCUT2D eigenvalue weighted by Crippen LogP contribution is 2.30. The van der Waals surface area contributed by atoms with Crippen LogP contribution in [0.25, 0.3) is 0 Å². The van der Waals surface area contributed by atoms with Crippen molar-refractivity contribution < 1.29 is 4.74 Å². The van der Waals surface area contributed by atoms with Crippen molar-refractivity contribution in [3.8, 4) is 0 Å². The van der Waals surface area contributed by atoms with Crippen LogP contribution in [0.2, 0.25) is 0 Å². The van der Waals surface area contributed by atoms with E-state index in [-0.39, 0.29) is 0 Å². The van der Waals surface area contributed by atoms with Gasteiger partial charge < -0.3 is 15.0 Å². The van der Waals surface area contributed by atoms with Crippen LogP contribution < -0.4 is 10.2 Å². The topological polar surface area (TPSA) is 37.4 Å². The van der Waals surface area contributed by atoms with Crippen LogP contribution >= 0.6 is 0 Å². The largest absolute Gasteiger partial charge is 0.371 e. The SMILES string of the molecule is CCNc1cc(N2CC3CCC(C2)O3)ccn1. The van der Waals surface area contributed by atoms with Gasteiger partial charge in [-0.15, -0.1) is 0 Å². The average Bonchev–Trinajstić information content (AvgIpc) is 2.69. The Bertz CT molecular complexity index is 384. The highest BCUT2D eigenvalue weighted by molar-refractivity contribution is 5.54. The smallest absolute Gasteiger partial charge is 0.127 e. The predicted molar refractivity (Wildman–Crippen MR) is 68.5 cm³/mol. The first kappa shape index (κ1) is 10.8. The molecule has 2 aliphatic rings. The van der Waals surface area contributed by atoms with Crippen LogP contribution in [0.4, 0.5) is 11.5 Å². The number of nitrogens with one attached hydrogen (secondary N) is 1. The summed E-state index contributed by atoms with van der Waals surface area (Å²) in [5.74, 6) is 0.962. The Kier molecular flexibility index (Phi) is 2.89. The summed E-state index contributed by atoms with van der Waals surface area (Å²) >= 11 is 0. The normalized spacial score (nSPS) is 27.2. The highest BCUT2D eigenvalue weighted by atomic mass is 16.5. The number of anilines is 2. The quantitative estimate of drug-likeness (QED) is 0.865. The van der Waals surface area contributed by atoms with Crippen molar-refractivity contribution in [2.24, 2.45) is 0 Å². The molecule has 0 radical (unpaired) electrons. The Morgan fingerprint density at radius 3 is 2.88 bits per heavy atom. The van der Waals surface area contributed by atoms with E-state index in [2.05, 4.69) is 34.3 Å². The molecule has 4 nitrogen and oxygen atoms in total. The Hall–Kier alpha value is -1.29. The van der Waals surface area contributed by atoms with Gasteiger partial charge in [-0.3, -0.25) is 0 Å². The summed E-state index contributed by atoms with van der Waals surface area (Å²) in [5.41, 5.74) is 1.26. The second kappa shape index (κ2) is 4.53. The van der Waals surface area contributed by atoms with Crippen LogP contribution in [0, 0.1) is 0 Å². The molecule has 0 amide bonds. The number of fused-ring (bicyclic) bond motifs is 2. The molecule has 2 fully saturated rings. The van der Waals surface area contributed by atoms with Gasteiger partial charge in [-0.2, -0.15) is 0 Å². The molecule has 0 aliphatic carbocycles.